The quantitative estimate of drug-likeness (QED) is 0.193. The van der Waals surface area contributed by atoms with Gasteiger partial charge in [0, 0.05) is 21.7 Å². The van der Waals surface area contributed by atoms with Gasteiger partial charge in [-0.25, -0.2) is 4.98 Å². The van der Waals surface area contributed by atoms with Gasteiger partial charge in [-0.3, -0.25) is 0 Å². The zero-order valence-corrected chi connectivity index (χ0v) is 23.9. The molecule has 0 atom stereocenters. The standard InChI is InChI=1S/C43H25N/c1-3-15-35-33(13-1)34-14-2-5-17-37(34)43-41(35)36-16-4-6-18-38(36)42(44-43)31-12-8-11-28(23-31)32-24-29-21-19-26-9-7-10-27-20-22-30(25-32)40(29)39(26)27/h1-25H. The Labute approximate surface area is 254 Å². The molecule has 44 heavy (non-hydrogen) atoms. The van der Waals surface area contributed by atoms with Gasteiger partial charge < -0.3 is 0 Å². The summed E-state index contributed by atoms with van der Waals surface area (Å²) < 4.78 is 0. The molecular formula is C43H25N. The first-order valence-electron chi connectivity index (χ1n) is 15.2. The lowest BCUT2D eigenvalue weighted by atomic mass is 9.90. The lowest BCUT2D eigenvalue weighted by Crippen LogP contribution is -1.93. The summed E-state index contributed by atoms with van der Waals surface area (Å²) in [4.78, 5) is 5.50. The Bertz CT molecular complexity index is 2710. The van der Waals surface area contributed by atoms with Crippen molar-refractivity contribution in [1.82, 2.24) is 4.98 Å². The maximum absolute atomic E-state index is 5.50. The molecule has 202 valence electrons. The molecule has 0 N–H and O–H groups in total. The van der Waals surface area contributed by atoms with Crippen molar-refractivity contribution < 1.29 is 0 Å². The first kappa shape index (κ1) is 23.7. The van der Waals surface area contributed by atoms with Crippen LogP contribution in [0.4, 0.5) is 0 Å². The van der Waals surface area contributed by atoms with Crippen LogP contribution in [0.2, 0.25) is 0 Å². The third-order valence-corrected chi connectivity index (χ3v) is 9.51. The minimum Gasteiger partial charge on any atom is -0.246 e. The van der Waals surface area contributed by atoms with E-state index < -0.39 is 0 Å². The number of pyridine rings is 1. The van der Waals surface area contributed by atoms with Gasteiger partial charge in [0.15, 0.2) is 0 Å². The highest BCUT2D eigenvalue weighted by molar-refractivity contribution is 6.31. The predicted octanol–water partition coefficient (Wildman–Crippen LogP) is 11.9. The third kappa shape index (κ3) is 3.27. The first-order chi connectivity index (χ1) is 21.8. The monoisotopic (exact) mass is 555 g/mol. The molecule has 1 aromatic heterocycles. The van der Waals surface area contributed by atoms with Gasteiger partial charge in [-0.1, -0.05) is 133 Å². The van der Waals surface area contributed by atoms with Gasteiger partial charge in [0.25, 0.3) is 0 Å². The van der Waals surface area contributed by atoms with E-state index in [2.05, 4.69) is 152 Å². The van der Waals surface area contributed by atoms with Gasteiger partial charge in [-0.15, -0.1) is 0 Å². The number of hydrogen-bond acceptors (Lipinski definition) is 1. The van der Waals surface area contributed by atoms with E-state index in [-0.39, 0.29) is 0 Å². The van der Waals surface area contributed by atoms with Crippen LogP contribution in [0.1, 0.15) is 0 Å². The van der Waals surface area contributed by atoms with E-state index in [1.54, 1.807) is 0 Å². The number of aromatic nitrogens is 1. The lowest BCUT2D eigenvalue weighted by molar-refractivity contribution is 1.44. The van der Waals surface area contributed by atoms with E-state index >= 15 is 0 Å². The maximum atomic E-state index is 5.50. The van der Waals surface area contributed by atoms with Crippen molar-refractivity contribution in [2.45, 2.75) is 0 Å². The van der Waals surface area contributed by atoms with E-state index in [4.69, 9.17) is 4.98 Å². The van der Waals surface area contributed by atoms with Crippen LogP contribution in [0.25, 0.3) is 97.9 Å². The molecule has 0 saturated carbocycles. The van der Waals surface area contributed by atoms with Crippen LogP contribution in [0.5, 0.6) is 0 Å². The fraction of sp³-hybridized carbons (Fsp3) is 0. The Balaban J connectivity index is 1.24. The molecule has 1 nitrogen and oxygen atoms in total. The van der Waals surface area contributed by atoms with E-state index in [0.717, 1.165) is 16.8 Å². The average molecular weight is 556 g/mol. The van der Waals surface area contributed by atoms with Crippen LogP contribution in [0, 0.1) is 0 Å². The van der Waals surface area contributed by atoms with E-state index in [1.165, 1.54) is 81.1 Å². The summed E-state index contributed by atoms with van der Waals surface area (Å²) >= 11 is 0. The van der Waals surface area contributed by atoms with Crippen LogP contribution in [0.3, 0.4) is 0 Å². The average Bonchev–Trinajstić information content (AvgIpc) is 3.10. The second-order valence-electron chi connectivity index (χ2n) is 11.9. The molecule has 1 heterocycles. The molecule has 0 unspecified atom stereocenters. The molecule has 0 fully saturated rings. The van der Waals surface area contributed by atoms with Crippen LogP contribution in [-0.4, -0.2) is 4.98 Å². The summed E-state index contributed by atoms with van der Waals surface area (Å²) in [5.41, 5.74) is 5.62. The van der Waals surface area contributed by atoms with Gasteiger partial charge in [0.05, 0.1) is 11.2 Å². The molecule has 0 radical (unpaired) electrons. The predicted molar refractivity (Wildman–Crippen MR) is 189 cm³/mol. The second kappa shape index (κ2) is 8.86. The number of rotatable bonds is 2. The molecule has 0 amide bonds. The fourth-order valence-electron chi connectivity index (χ4n) is 7.58. The number of nitrogens with zero attached hydrogens (tertiary/aromatic N) is 1. The molecule has 1 heteroatoms. The Morgan fingerprint density at radius 1 is 0.295 bits per heavy atom. The van der Waals surface area contributed by atoms with Gasteiger partial charge in [0.1, 0.15) is 0 Å². The topological polar surface area (TPSA) is 12.9 Å². The highest BCUT2D eigenvalue weighted by Gasteiger charge is 2.17. The number of fused-ring (bicyclic) bond motifs is 8. The first-order valence-corrected chi connectivity index (χ1v) is 15.2. The second-order valence-corrected chi connectivity index (χ2v) is 11.9. The zero-order chi connectivity index (χ0) is 28.8. The van der Waals surface area contributed by atoms with E-state index in [1.807, 2.05) is 0 Å². The highest BCUT2D eigenvalue weighted by Crippen LogP contribution is 2.42. The molecule has 9 aromatic carbocycles. The van der Waals surface area contributed by atoms with Crippen molar-refractivity contribution in [3.05, 3.63) is 152 Å². The molecule has 0 bridgehead atoms. The third-order valence-electron chi connectivity index (χ3n) is 9.51. The normalized spacial score (nSPS) is 12.1. The molecule has 0 spiro atoms. The molecule has 0 saturated heterocycles. The van der Waals surface area contributed by atoms with Crippen molar-refractivity contribution in [3.8, 4) is 22.4 Å². The molecule has 0 aliphatic rings. The van der Waals surface area contributed by atoms with Gasteiger partial charge in [0.2, 0.25) is 0 Å². The van der Waals surface area contributed by atoms with Crippen molar-refractivity contribution in [2.24, 2.45) is 0 Å². The zero-order valence-electron chi connectivity index (χ0n) is 23.9. The Morgan fingerprint density at radius 2 is 0.795 bits per heavy atom. The molecule has 0 aliphatic carbocycles. The van der Waals surface area contributed by atoms with Crippen molar-refractivity contribution >= 4 is 75.5 Å². The smallest absolute Gasteiger partial charge is 0.0800 e. The van der Waals surface area contributed by atoms with Gasteiger partial charge in [-0.05, 0) is 83.2 Å². The fourth-order valence-corrected chi connectivity index (χ4v) is 7.58. The SMILES string of the molecule is c1cc(-c2cc3ccc4cccc5ccc(c2)c3c45)cc(-c2nc3c4ccccc4c4ccccc4c3c3ccccc23)c1. The summed E-state index contributed by atoms with van der Waals surface area (Å²) in [5, 5.41) is 16.4. The summed E-state index contributed by atoms with van der Waals surface area (Å²) in [6.45, 7) is 0. The Hall–Kier alpha value is -5.79. The van der Waals surface area contributed by atoms with Gasteiger partial charge in [-0.2, -0.15) is 0 Å². The summed E-state index contributed by atoms with van der Waals surface area (Å²) in [6, 6.07) is 55.4. The Morgan fingerprint density at radius 3 is 1.50 bits per heavy atom. The summed E-state index contributed by atoms with van der Waals surface area (Å²) in [7, 11) is 0. The van der Waals surface area contributed by atoms with Crippen molar-refractivity contribution in [3.63, 3.8) is 0 Å². The van der Waals surface area contributed by atoms with Gasteiger partial charge >= 0.3 is 0 Å². The highest BCUT2D eigenvalue weighted by atomic mass is 14.7. The number of benzene rings is 9. The molecule has 10 rings (SSSR count). The maximum Gasteiger partial charge on any atom is 0.0800 e. The molecular weight excluding hydrogens is 530 g/mol. The van der Waals surface area contributed by atoms with Crippen molar-refractivity contribution in [2.75, 3.05) is 0 Å². The number of hydrogen-bond donors (Lipinski definition) is 0. The van der Waals surface area contributed by atoms with Crippen LogP contribution in [0.15, 0.2) is 152 Å². The molecule has 10 aromatic rings. The van der Waals surface area contributed by atoms with Crippen LogP contribution < -0.4 is 0 Å². The molecule has 0 aliphatic heterocycles. The van der Waals surface area contributed by atoms with Crippen LogP contribution >= 0.6 is 0 Å². The van der Waals surface area contributed by atoms with E-state index in [0.29, 0.717) is 0 Å². The summed E-state index contributed by atoms with van der Waals surface area (Å²) in [6.07, 6.45) is 0. The lowest BCUT2D eigenvalue weighted by Gasteiger charge is -2.16. The minimum absolute atomic E-state index is 1.02. The largest absolute Gasteiger partial charge is 0.246 e. The van der Waals surface area contributed by atoms with Crippen molar-refractivity contribution in [1.29, 1.82) is 0 Å². The minimum atomic E-state index is 1.02. The summed E-state index contributed by atoms with van der Waals surface area (Å²) in [5.74, 6) is 0. The van der Waals surface area contributed by atoms with E-state index in [9.17, 15) is 0 Å². The van der Waals surface area contributed by atoms with Crippen LogP contribution in [-0.2, 0) is 0 Å². The Kier molecular flexibility index (Phi) is 4.78.